The molecule has 0 aliphatic carbocycles. The number of halogens is 1. The normalized spacial score (nSPS) is 12.8. The van der Waals surface area contributed by atoms with Crippen molar-refractivity contribution in [2.75, 3.05) is 6.61 Å². The third kappa shape index (κ3) is 3.50. The van der Waals surface area contributed by atoms with Gasteiger partial charge in [0, 0.05) is 0 Å². The Balaban J connectivity index is 1.47. The molecule has 0 N–H and O–H groups in total. The van der Waals surface area contributed by atoms with Gasteiger partial charge in [-0.05, 0) is 42.5 Å². The molecule has 1 aromatic heterocycles. The number of nitrogens with zero attached hydrogens (tertiary/aromatic N) is 1. The van der Waals surface area contributed by atoms with E-state index in [0.717, 1.165) is 11.0 Å². The van der Waals surface area contributed by atoms with Crippen LogP contribution in [-0.2, 0) is 11.3 Å². The summed E-state index contributed by atoms with van der Waals surface area (Å²) in [5.74, 6) is -2.90. The number of imide groups is 1. The van der Waals surface area contributed by atoms with E-state index in [2.05, 4.69) is 0 Å². The van der Waals surface area contributed by atoms with Crippen molar-refractivity contribution < 1.29 is 32.7 Å². The molecule has 2 heterocycles. The molecule has 0 spiro atoms. The average molecular weight is 407 g/mol. The number of Topliss-reactive ketones (excluding diaryl/α,β-unsaturated/α-hetero) is 1. The molecule has 0 radical (unpaired) electrons. The SMILES string of the molecule is O=C(OCC(=O)c1ccccc1F)c1ccc2c(c1)C(=O)N(Cc1ccco1)C2=O. The van der Waals surface area contributed by atoms with Gasteiger partial charge in [-0.3, -0.25) is 19.3 Å². The molecule has 8 heteroatoms. The summed E-state index contributed by atoms with van der Waals surface area (Å²) in [5.41, 5.74) is 0.0247. The molecule has 0 saturated carbocycles. The zero-order chi connectivity index (χ0) is 21.3. The number of rotatable bonds is 6. The molecule has 30 heavy (non-hydrogen) atoms. The number of carbonyl (C=O) groups is 4. The molecule has 4 rings (SSSR count). The first kappa shape index (κ1) is 19.3. The van der Waals surface area contributed by atoms with Crippen molar-refractivity contribution in [1.29, 1.82) is 0 Å². The topological polar surface area (TPSA) is 93.9 Å². The molecule has 0 fully saturated rings. The molecule has 0 atom stereocenters. The van der Waals surface area contributed by atoms with Crippen LogP contribution in [0.25, 0.3) is 0 Å². The van der Waals surface area contributed by atoms with E-state index in [1.165, 1.54) is 42.7 Å². The molecule has 0 unspecified atom stereocenters. The van der Waals surface area contributed by atoms with E-state index >= 15 is 0 Å². The molecule has 2 amide bonds. The first-order valence-corrected chi connectivity index (χ1v) is 8.93. The van der Waals surface area contributed by atoms with Gasteiger partial charge in [-0.15, -0.1) is 0 Å². The summed E-state index contributed by atoms with van der Waals surface area (Å²) >= 11 is 0. The first-order valence-electron chi connectivity index (χ1n) is 8.93. The van der Waals surface area contributed by atoms with Crippen molar-refractivity contribution in [2.45, 2.75) is 6.54 Å². The van der Waals surface area contributed by atoms with Gasteiger partial charge in [-0.25, -0.2) is 9.18 Å². The predicted octanol–water partition coefficient (Wildman–Crippen LogP) is 3.25. The third-order valence-electron chi connectivity index (χ3n) is 4.61. The average Bonchev–Trinajstić information content (AvgIpc) is 3.35. The Morgan fingerprint density at radius 2 is 1.73 bits per heavy atom. The maximum Gasteiger partial charge on any atom is 0.338 e. The Hall–Kier alpha value is -4.07. The van der Waals surface area contributed by atoms with Crippen molar-refractivity contribution in [2.24, 2.45) is 0 Å². The summed E-state index contributed by atoms with van der Waals surface area (Å²) in [6.07, 6.45) is 1.43. The largest absolute Gasteiger partial charge is 0.467 e. The lowest BCUT2D eigenvalue weighted by Gasteiger charge is -2.11. The van der Waals surface area contributed by atoms with Crippen LogP contribution in [0.15, 0.2) is 65.3 Å². The van der Waals surface area contributed by atoms with E-state index in [1.807, 2.05) is 0 Å². The van der Waals surface area contributed by atoms with Gasteiger partial charge in [0.15, 0.2) is 6.61 Å². The van der Waals surface area contributed by atoms with Crippen molar-refractivity contribution in [1.82, 2.24) is 4.90 Å². The Morgan fingerprint density at radius 1 is 0.967 bits per heavy atom. The summed E-state index contributed by atoms with van der Waals surface area (Å²) in [6.45, 7) is -0.690. The zero-order valence-corrected chi connectivity index (χ0v) is 15.5. The number of carbonyl (C=O) groups excluding carboxylic acids is 4. The number of hydrogen-bond acceptors (Lipinski definition) is 6. The third-order valence-corrected chi connectivity index (χ3v) is 4.61. The zero-order valence-electron chi connectivity index (χ0n) is 15.5. The lowest BCUT2D eigenvalue weighted by molar-refractivity contribution is 0.0473. The number of esters is 1. The van der Waals surface area contributed by atoms with Gasteiger partial charge in [-0.2, -0.15) is 0 Å². The fraction of sp³-hybridized carbons (Fsp3) is 0.0909. The van der Waals surface area contributed by atoms with E-state index in [0.29, 0.717) is 5.76 Å². The van der Waals surface area contributed by atoms with Crippen LogP contribution in [0, 0.1) is 5.82 Å². The molecular weight excluding hydrogens is 393 g/mol. The molecular formula is C22H14FNO6. The number of hydrogen-bond donors (Lipinski definition) is 0. The number of amides is 2. The van der Waals surface area contributed by atoms with E-state index in [9.17, 15) is 23.6 Å². The van der Waals surface area contributed by atoms with Crippen LogP contribution >= 0.6 is 0 Å². The smallest absolute Gasteiger partial charge is 0.338 e. The van der Waals surface area contributed by atoms with Crippen molar-refractivity contribution in [3.05, 3.63) is 94.7 Å². The molecule has 0 bridgehead atoms. The molecule has 1 aliphatic heterocycles. The van der Waals surface area contributed by atoms with Gasteiger partial charge >= 0.3 is 5.97 Å². The summed E-state index contributed by atoms with van der Waals surface area (Å²) < 4.78 is 23.8. The highest BCUT2D eigenvalue weighted by atomic mass is 19.1. The summed E-state index contributed by atoms with van der Waals surface area (Å²) in [7, 11) is 0. The monoisotopic (exact) mass is 407 g/mol. The Labute approximate surface area is 169 Å². The van der Waals surface area contributed by atoms with Gasteiger partial charge in [0.2, 0.25) is 5.78 Å². The summed E-state index contributed by atoms with van der Waals surface area (Å²) in [6, 6.07) is 12.6. The van der Waals surface area contributed by atoms with Crippen molar-refractivity contribution in [3.8, 4) is 0 Å². The van der Waals surface area contributed by atoms with Crippen LogP contribution in [-0.4, -0.2) is 35.1 Å². The van der Waals surface area contributed by atoms with Gasteiger partial charge in [0.1, 0.15) is 11.6 Å². The van der Waals surface area contributed by atoms with Crippen LogP contribution in [0.5, 0.6) is 0 Å². The quantitative estimate of drug-likeness (QED) is 0.354. The van der Waals surface area contributed by atoms with E-state index < -0.39 is 36.0 Å². The van der Waals surface area contributed by atoms with E-state index in [4.69, 9.17) is 9.15 Å². The molecule has 0 saturated heterocycles. The van der Waals surface area contributed by atoms with Crippen LogP contribution in [0.4, 0.5) is 4.39 Å². The molecule has 150 valence electrons. The standard InChI is InChI=1S/C22H14FNO6/c23-18-6-2-1-5-16(18)19(25)12-30-22(28)13-7-8-15-17(10-13)21(27)24(20(15)26)11-14-4-3-9-29-14/h1-10H,11-12H2. The van der Waals surface area contributed by atoms with Gasteiger partial charge in [-0.1, -0.05) is 12.1 Å². The summed E-state index contributed by atoms with van der Waals surface area (Å²) in [5, 5.41) is 0. The minimum absolute atomic E-state index is 0.00363. The minimum Gasteiger partial charge on any atom is -0.467 e. The second-order valence-electron chi connectivity index (χ2n) is 6.52. The minimum atomic E-state index is -0.868. The van der Waals surface area contributed by atoms with Gasteiger partial charge in [0.05, 0.1) is 35.1 Å². The molecule has 7 nitrogen and oxygen atoms in total. The number of fused-ring (bicyclic) bond motifs is 1. The molecule has 2 aromatic carbocycles. The van der Waals surface area contributed by atoms with Crippen molar-refractivity contribution in [3.63, 3.8) is 0 Å². The Morgan fingerprint density at radius 3 is 2.47 bits per heavy atom. The lowest BCUT2D eigenvalue weighted by Crippen LogP contribution is -2.28. The molecule has 3 aromatic rings. The highest BCUT2D eigenvalue weighted by molar-refractivity contribution is 6.21. The second kappa shape index (κ2) is 7.75. The van der Waals surface area contributed by atoms with Gasteiger partial charge in [0.25, 0.3) is 11.8 Å². The Bertz CT molecular complexity index is 1170. The van der Waals surface area contributed by atoms with E-state index in [1.54, 1.807) is 12.1 Å². The lowest BCUT2D eigenvalue weighted by atomic mass is 10.1. The first-order chi connectivity index (χ1) is 14.5. The second-order valence-corrected chi connectivity index (χ2v) is 6.52. The molecule has 1 aliphatic rings. The highest BCUT2D eigenvalue weighted by Crippen LogP contribution is 2.26. The van der Waals surface area contributed by atoms with Crippen LogP contribution < -0.4 is 0 Å². The van der Waals surface area contributed by atoms with Gasteiger partial charge < -0.3 is 9.15 Å². The predicted molar refractivity (Wildman–Crippen MR) is 100 cm³/mol. The number of ketones is 1. The maximum atomic E-state index is 13.6. The van der Waals surface area contributed by atoms with Crippen LogP contribution in [0.3, 0.4) is 0 Å². The van der Waals surface area contributed by atoms with Crippen molar-refractivity contribution >= 4 is 23.6 Å². The van der Waals surface area contributed by atoms with Crippen LogP contribution in [0.2, 0.25) is 0 Å². The fourth-order valence-electron chi connectivity index (χ4n) is 3.10. The van der Waals surface area contributed by atoms with E-state index in [-0.39, 0.29) is 28.8 Å². The Kier molecular flexibility index (Phi) is 4.97. The number of furan rings is 1. The summed E-state index contributed by atoms with van der Waals surface area (Å²) in [4.78, 5) is 50.5. The maximum absolute atomic E-state index is 13.6. The van der Waals surface area contributed by atoms with Crippen LogP contribution in [0.1, 0.15) is 47.2 Å². The highest BCUT2D eigenvalue weighted by Gasteiger charge is 2.36. The fourth-order valence-corrected chi connectivity index (χ4v) is 3.10. The number of benzene rings is 2. The number of ether oxygens (including phenoxy) is 1.